The van der Waals surface area contributed by atoms with Gasteiger partial charge in [-0.15, -0.1) is 0 Å². The zero-order valence-electron chi connectivity index (χ0n) is 8.40. The number of rotatable bonds is 5. The molecular formula is C11H14O3. The number of carbonyl (C=O) groups excluding carboxylic acids is 1. The Morgan fingerprint density at radius 2 is 1.93 bits per heavy atom. The highest BCUT2D eigenvalue weighted by Crippen LogP contribution is 2.16. The molecule has 3 heteroatoms. The second-order valence-electron chi connectivity index (χ2n) is 2.96. The Bertz CT molecular complexity index is 279. The SMILES string of the molecule is COCC(OC)c1ccc(C=O)cc1. The summed E-state index contributed by atoms with van der Waals surface area (Å²) in [5.74, 6) is 0. The summed E-state index contributed by atoms with van der Waals surface area (Å²) < 4.78 is 10.2. The van der Waals surface area contributed by atoms with Gasteiger partial charge in [0, 0.05) is 19.8 Å². The zero-order chi connectivity index (χ0) is 10.4. The number of hydrogen-bond acceptors (Lipinski definition) is 3. The summed E-state index contributed by atoms with van der Waals surface area (Å²) in [5, 5.41) is 0. The maximum atomic E-state index is 10.4. The van der Waals surface area contributed by atoms with Gasteiger partial charge >= 0.3 is 0 Å². The summed E-state index contributed by atoms with van der Waals surface area (Å²) >= 11 is 0. The van der Waals surface area contributed by atoms with Gasteiger partial charge in [-0.2, -0.15) is 0 Å². The fourth-order valence-corrected chi connectivity index (χ4v) is 1.24. The Balaban J connectivity index is 2.77. The largest absolute Gasteiger partial charge is 0.382 e. The van der Waals surface area contributed by atoms with Crippen molar-refractivity contribution in [3.8, 4) is 0 Å². The Kier molecular flexibility index (Phi) is 4.29. The minimum absolute atomic E-state index is 0.0688. The Morgan fingerprint density at radius 3 is 2.36 bits per heavy atom. The molecule has 0 spiro atoms. The molecule has 0 N–H and O–H groups in total. The lowest BCUT2D eigenvalue weighted by Gasteiger charge is -2.14. The van der Waals surface area contributed by atoms with Crippen molar-refractivity contribution < 1.29 is 14.3 Å². The molecule has 0 aliphatic heterocycles. The maximum absolute atomic E-state index is 10.4. The molecule has 76 valence electrons. The molecule has 0 radical (unpaired) electrons. The van der Waals surface area contributed by atoms with E-state index in [2.05, 4.69) is 0 Å². The maximum Gasteiger partial charge on any atom is 0.150 e. The van der Waals surface area contributed by atoms with Crippen LogP contribution >= 0.6 is 0 Å². The van der Waals surface area contributed by atoms with Crippen molar-refractivity contribution in [1.82, 2.24) is 0 Å². The van der Waals surface area contributed by atoms with Crippen LogP contribution in [0.5, 0.6) is 0 Å². The van der Waals surface area contributed by atoms with Crippen molar-refractivity contribution >= 4 is 6.29 Å². The van der Waals surface area contributed by atoms with E-state index < -0.39 is 0 Å². The van der Waals surface area contributed by atoms with Gasteiger partial charge in [0.1, 0.15) is 12.4 Å². The minimum atomic E-state index is -0.0688. The predicted octanol–water partition coefficient (Wildman–Crippen LogP) is 1.83. The molecule has 0 fully saturated rings. The predicted molar refractivity (Wildman–Crippen MR) is 53.5 cm³/mol. The van der Waals surface area contributed by atoms with E-state index in [1.165, 1.54) is 0 Å². The molecule has 0 aromatic heterocycles. The van der Waals surface area contributed by atoms with Gasteiger partial charge in [-0.3, -0.25) is 4.79 Å². The smallest absolute Gasteiger partial charge is 0.150 e. The quantitative estimate of drug-likeness (QED) is 0.671. The molecular weight excluding hydrogens is 180 g/mol. The second kappa shape index (κ2) is 5.52. The molecule has 3 nitrogen and oxygen atoms in total. The number of carbonyl (C=O) groups is 1. The molecule has 0 saturated carbocycles. The molecule has 1 unspecified atom stereocenters. The van der Waals surface area contributed by atoms with Gasteiger partial charge in [0.2, 0.25) is 0 Å². The normalized spacial score (nSPS) is 12.4. The summed E-state index contributed by atoms with van der Waals surface area (Å²) in [4.78, 5) is 10.4. The van der Waals surface area contributed by atoms with Crippen LogP contribution in [0.15, 0.2) is 24.3 Å². The van der Waals surface area contributed by atoms with Crippen LogP contribution in [0, 0.1) is 0 Å². The third-order valence-electron chi connectivity index (χ3n) is 2.05. The molecule has 1 rings (SSSR count). The van der Waals surface area contributed by atoms with Gasteiger partial charge in [0.15, 0.2) is 0 Å². The number of hydrogen-bond donors (Lipinski definition) is 0. The van der Waals surface area contributed by atoms with Crippen molar-refractivity contribution in [2.75, 3.05) is 20.8 Å². The van der Waals surface area contributed by atoms with E-state index in [1.54, 1.807) is 26.4 Å². The molecule has 0 amide bonds. The molecule has 14 heavy (non-hydrogen) atoms. The van der Waals surface area contributed by atoms with Crippen molar-refractivity contribution in [2.24, 2.45) is 0 Å². The number of methoxy groups -OCH3 is 2. The van der Waals surface area contributed by atoms with Crippen LogP contribution in [0.3, 0.4) is 0 Å². The minimum Gasteiger partial charge on any atom is -0.382 e. The average Bonchev–Trinajstić information content (AvgIpc) is 2.26. The van der Waals surface area contributed by atoms with Crippen LogP contribution in [0.25, 0.3) is 0 Å². The third kappa shape index (κ3) is 2.65. The third-order valence-corrected chi connectivity index (χ3v) is 2.05. The molecule has 1 atom stereocenters. The van der Waals surface area contributed by atoms with Gasteiger partial charge in [0.25, 0.3) is 0 Å². The number of benzene rings is 1. The highest BCUT2D eigenvalue weighted by atomic mass is 16.5. The van der Waals surface area contributed by atoms with Crippen molar-refractivity contribution in [3.63, 3.8) is 0 Å². The lowest BCUT2D eigenvalue weighted by Crippen LogP contribution is -2.08. The molecule has 0 heterocycles. The first-order valence-corrected chi connectivity index (χ1v) is 4.38. The van der Waals surface area contributed by atoms with Crippen LogP contribution in [-0.4, -0.2) is 27.1 Å². The van der Waals surface area contributed by atoms with Gasteiger partial charge in [-0.25, -0.2) is 0 Å². The first-order valence-electron chi connectivity index (χ1n) is 4.38. The summed E-state index contributed by atoms with van der Waals surface area (Å²) in [5.41, 5.74) is 1.68. The first-order chi connectivity index (χ1) is 6.81. The number of aldehydes is 1. The van der Waals surface area contributed by atoms with E-state index in [4.69, 9.17) is 9.47 Å². The highest BCUT2D eigenvalue weighted by molar-refractivity contribution is 5.74. The monoisotopic (exact) mass is 194 g/mol. The van der Waals surface area contributed by atoms with Gasteiger partial charge < -0.3 is 9.47 Å². The fraction of sp³-hybridized carbons (Fsp3) is 0.364. The fourth-order valence-electron chi connectivity index (χ4n) is 1.24. The van der Waals surface area contributed by atoms with E-state index in [-0.39, 0.29) is 6.10 Å². The van der Waals surface area contributed by atoms with Crippen molar-refractivity contribution in [1.29, 1.82) is 0 Å². The van der Waals surface area contributed by atoms with Crippen molar-refractivity contribution in [2.45, 2.75) is 6.10 Å². The molecule has 0 aliphatic carbocycles. The summed E-state index contributed by atoms with van der Waals surface area (Å²) in [7, 11) is 3.27. The Morgan fingerprint density at radius 1 is 1.29 bits per heavy atom. The van der Waals surface area contributed by atoms with E-state index in [9.17, 15) is 4.79 Å². The van der Waals surface area contributed by atoms with E-state index in [1.807, 2.05) is 12.1 Å². The lowest BCUT2D eigenvalue weighted by atomic mass is 10.1. The first kappa shape index (κ1) is 10.9. The Hall–Kier alpha value is -1.19. The summed E-state index contributed by atoms with van der Waals surface area (Å²) in [6, 6.07) is 7.28. The van der Waals surface area contributed by atoms with Gasteiger partial charge in [-0.1, -0.05) is 24.3 Å². The molecule has 0 aliphatic rings. The van der Waals surface area contributed by atoms with E-state index in [0.717, 1.165) is 11.8 Å². The van der Waals surface area contributed by atoms with Crippen LogP contribution in [0.4, 0.5) is 0 Å². The molecule has 0 bridgehead atoms. The Labute approximate surface area is 83.6 Å². The molecule has 1 aromatic rings. The molecule has 1 aromatic carbocycles. The highest BCUT2D eigenvalue weighted by Gasteiger charge is 2.09. The van der Waals surface area contributed by atoms with Crippen LogP contribution in [0.2, 0.25) is 0 Å². The van der Waals surface area contributed by atoms with Gasteiger partial charge in [0.05, 0.1) is 6.61 Å². The standard InChI is InChI=1S/C11H14O3/c1-13-8-11(14-2)10-5-3-9(7-12)4-6-10/h3-7,11H,8H2,1-2H3. The van der Waals surface area contributed by atoms with E-state index >= 15 is 0 Å². The van der Waals surface area contributed by atoms with Crippen LogP contribution in [0.1, 0.15) is 22.0 Å². The zero-order valence-corrected chi connectivity index (χ0v) is 8.40. The second-order valence-corrected chi connectivity index (χ2v) is 2.96. The summed E-state index contributed by atoms with van der Waals surface area (Å²) in [6.45, 7) is 0.511. The molecule has 0 saturated heterocycles. The van der Waals surface area contributed by atoms with E-state index in [0.29, 0.717) is 12.2 Å². The van der Waals surface area contributed by atoms with Crippen molar-refractivity contribution in [3.05, 3.63) is 35.4 Å². The number of ether oxygens (including phenoxy) is 2. The van der Waals surface area contributed by atoms with Crippen LogP contribution in [-0.2, 0) is 9.47 Å². The van der Waals surface area contributed by atoms with Gasteiger partial charge in [-0.05, 0) is 5.56 Å². The van der Waals surface area contributed by atoms with Crippen LogP contribution < -0.4 is 0 Å². The average molecular weight is 194 g/mol. The summed E-state index contributed by atoms with van der Waals surface area (Å²) in [6.07, 6.45) is 0.753. The topological polar surface area (TPSA) is 35.5 Å². The lowest BCUT2D eigenvalue weighted by molar-refractivity contribution is 0.0275.